The summed E-state index contributed by atoms with van der Waals surface area (Å²) in [4.78, 5) is 46.2. The number of nitro groups is 1. The summed E-state index contributed by atoms with van der Waals surface area (Å²) in [6.07, 6.45) is 0. The van der Waals surface area contributed by atoms with Gasteiger partial charge in [-0.15, -0.1) is 0 Å². The second-order valence-electron chi connectivity index (χ2n) is 6.31. The van der Waals surface area contributed by atoms with E-state index in [2.05, 4.69) is 10.6 Å². The molecule has 0 fully saturated rings. The standard InChI is InChI=1S/C20H21N3O6/c1-13-6-3-4-7-16(13)11-21-18(24)12-29-20(26)14(2)22-19(25)15-8-5-9-17(10-15)23(27)28/h3-10,14H,11-12H2,1-2H3,(H,21,24)(H,22,25)/t14-/m0/s1. The Kier molecular flexibility index (Phi) is 7.41. The van der Waals surface area contributed by atoms with Crippen molar-refractivity contribution in [3.63, 3.8) is 0 Å². The third-order valence-electron chi connectivity index (χ3n) is 4.10. The minimum atomic E-state index is -1.04. The Bertz CT molecular complexity index is 928. The zero-order chi connectivity index (χ0) is 21.4. The molecule has 2 aromatic rings. The molecule has 29 heavy (non-hydrogen) atoms. The number of hydrogen-bond donors (Lipinski definition) is 2. The zero-order valence-corrected chi connectivity index (χ0v) is 16.0. The summed E-state index contributed by atoms with van der Waals surface area (Å²) < 4.78 is 4.91. The first-order chi connectivity index (χ1) is 13.8. The van der Waals surface area contributed by atoms with Crippen molar-refractivity contribution in [1.29, 1.82) is 0 Å². The summed E-state index contributed by atoms with van der Waals surface area (Å²) in [6.45, 7) is 3.14. The van der Waals surface area contributed by atoms with Gasteiger partial charge in [0, 0.05) is 24.2 Å². The third-order valence-corrected chi connectivity index (χ3v) is 4.10. The molecule has 0 bridgehead atoms. The number of amides is 2. The Labute approximate surface area is 167 Å². The van der Waals surface area contributed by atoms with E-state index in [4.69, 9.17) is 4.74 Å². The number of rotatable bonds is 8. The maximum atomic E-state index is 12.1. The molecule has 0 saturated heterocycles. The average Bonchev–Trinajstić information content (AvgIpc) is 2.71. The first-order valence-electron chi connectivity index (χ1n) is 8.81. The minimum Gasteiger partial charge on any atom is -0.454 e. The second kappa shape index (κ2) is 9.98. The molecule has 152 valence electrons. The molecule has 1 atom stereocenters. The molecule has 0 aliphatic heterocycles. The van der Waals surface area contributed by atoms with Gasteiger partial charge in [-0.1, -0.05) is 30.3 Å². The molecule has 9 nitrogen and oxygen atoms in total. The van der Waals surface area contributed by atoms with E-state index < -0.39 is 35.4 Å². The van der Waals surface area contributed by atoms with Gasteiger partial charge in [0.1, 0.15) is 6.04 Å². The summed E-state index contributed by atoms with van der Waals surface area (Å²) in [5.74, 6) is -1.93. The summed E-state index contributed by atoms with van der Waals surface area (Å²) in [5, 5.41) is 15.8. The SMILES string of the molecule is Cc1ccccc1CNC(=O)COC(=O)[C@H](C)NC(=O)c1cccc([N+](=O)[O-])c1. The van der Waals surface area contributed by atoms with Crippen LogP contribution in [-0.4, -0.2) is 35.4 Å². The lowest BCUT2D eigenvalue weighted by molar-refractivity contribution is -0.384. The van der Waals surface area contributed by atoms with Gasteiger partial charge in [0.25, 0.3) is 17.5 Å². The number of hydrogen-bond acceptors (Lipinski definition) is 6. The molecule has 0 saturated carbocycles. The molecule has 2 N–H and O–H groups in total. The molecule has 0 heterocycles. The van der Waals surface area contributed by atoms with Crippen molar-refractivity contribution in [2.24, 2.45) is 0 Å². The highest BCUT2D eigenvalue weighted by atomic mass is 16.6. The predicted octanol–water partition coefficient (Wildman–Crippen LogP) is 1.88. The monoisotopic (exact) mass is 399 g/mol. The highest BCUT2D eigenvalue weighted by Crippen LogP contribution is 2.13. The lowest BCUT2D eigenvalue weighted by Gasteiger charge is -2.13. The first-order valence-corrected chi connectivity index (χ1v) is 8.81. The van der Waals surface area contributed by atoms with E-state index in [1.807, 2.05) is 31.2 Å². The van der Waals surface area contributed by atoms with E-state index in [1.54, 1.807) is 0 Å². The van der Waals surface area contributed by atoms with Crippen LogP contribution in [0.4, 0.5) is 5.69 Å². The van der Waals surface area contributed by atoms with Gasteiger partial charge in [-0.3, -0.25) is 19.7 Å². The van der Waals surface area contributed by atoms with E-state index in [0.29, 0.717) is 6.54 Å². The average molecular weight is 399 g/mol. The van der Waals surface area contributed by atoms with Crippen molar-refractivity contribution in [2.75, 3.05) is 6.61 Å². The van der Waals surface area contributed by atoms with Crippen LogP contribution >= 0.6 is 0 Å². The third kappa shape index (κ3) is 6.42. The Morgan fingerprint density at radius 1 is 1.14 bits per heavy atom. The number of carbonyl (C=O) groups is 3. The van der Waals surface area contributed by atoms with Crippen molar-refractivity contribution < 1.29 is 24.0 Å². The molecule has 2 amide bonds. The van der Waals surface area contributed by atoms with E-state index in [9.17, 15) is 24.5 Å². The van der Waals surface area contributed by atoms with Gasteiger partial charge >= 0.3 is 5.97 Å². The van der Waals surface area contributed by atoms with Crippen LogP contribution in [0.3, 0.4) is 0 Å². The van der Waals surface area contributed by atoms with Crippen molar-refractivity contribution >= 4 is 23.5 Å². The molecule has 0 aromatic heterocycles. The van der Waals surface area contributed by atoms with Crippen molar-refractivity contribution in [3.05, 3.63) is 75.3 Å². The Balaban J connectivity index is 1.80. The number of nitrogens with one attached hydrogen (secondary N) is 2. The topological polar surface area (TPSA) is 128 Å². The number of benzene rings is 2. The molecule has 2 rings (SSSR count). The number of nitro benzene ring substituents is 1. The van der Waals surface area contributed by atoms with Gasteiger partial charge < -0.3 is 15.4 Å². The lowest BCUT2D eigenvalue weighted by atomic mass is 10.1. The van der Waals surface area contributed by atoms with Gasteiger partial charge in [-0.25, -0.2) is 4.79 Å². The molecule has 0 unspecified atom stereocenters. The van der Waals surface area contributed by atoms with Gasteiger partial charge in [0.2, 0.25) is 0 Å². The smallest absolute Gasteiger partial charge is 0.328 e. The van der Waals surface area contributed by atoms with Crippen molar-refractivity contribution in [2.45, 2.75) is 26.4 Å². The molecule has 0 aliphatic carbocycles. The van der Waals surface area contributed by atoms with E-state index in [-0.39, 0.29) is 11.3 Å². The molecule has 0 spiro atoms. The number of esters is 1. The van der Waals surface area contributed by atoms with Gasteiger partial charge in [0.15, 0.2) is 6.61 Å². The number of ether oxygens (including phenoxy) is 1. The molecule has 9 heteroatoms. The maximum absolute atomic E-state index is 12.1. The molecule has 2 aromatic carbocycles. The fourth-order valence-corrected chi connectivity index (χ4v) is 2.41. The van der Waals surface area contributed by atoms with E-state index >= 15 is 0 Å². The summed E-state index contributed by atoms with van der Waals surface area (Å²) in [5.41, 5.74) is 1.78. The largest absolute Gasteiger partial charge is 0.454 e. The fraction of sp³-hybridized carbons (Fsp3) is 0.250. The highest BCUT2D eigenvalue weighted by molar-refractivity contribution is 5.97. The van der Waals surface area contributed by atoms with Gasteiger partial charge in [-0.05, 0) is 31.0 Å². The Morgan fingerprint density at radius 2 is 1.86 bits per heavy atom. The van der Waals surface area contributed by atoms with Crippen LogP contribution in [0.2, 0.25) is 0 Å². The second-order valence-corrected chi connectivity index (χ2v) is 6.31. The number of non-ortho nitro benzene ring substituents is 1. The molecular weight excluding hydrogens is 378 g/mol. The number of aryl methyl sites for hydroxylation is 1. The molecule has 0 aliphatic rings. The quantitative estimate of drug-likeness (QED) is 0.396. The fourth-order valence-electron chi connectivity index (χ4n) is 2.41. The van der Waals surface area contributed by atoms with Crippen LogP contribution in [0.25, 0.3) is 0 Å². The summed E-state index contributed by atoms with van der Waals surface area (Å²) in [7, 11) is 0. The molecule has 0 radical (unpaired) electrons. The van der Waals surface area contributed by atoms with Crippen LogP contribution in [-0.2, 0) is 20.9 Å². The Morgan fingerprint density at radius 3 is 2.55 bits per heavy atom. The zero-order valence-electron chi connectivity index (χ0n) is 16.0. The first kappa shape index (κ1) is 21.5. The number of nitrogens with zero attached hydrogens (tertiary/aromatic N) is 1. The van der Waals surface area contributed by atoms with Crippen LogP contribution in [0.5, 0.6) is 0 Å². The van der Waals surface area contributed by atoms with Crippen LogP contribution in [0.1, 0.15) is 28.4 Å². The van der Waals surface area contributed by atoms with Crippen LogP contribution in [0, 0.1) is 17.0 Å². The lowest BCUT2D eigenvalue weighted by Crippen LogP contribution is -2.41. The maximum Gasteiger partial charge on any atom is 0.328 e. The van der Waals surface area contributed by atoms with Gasteiger partial charge in [-0.2, -0.15) is 0 Å². The number of carbonyl (C=O) groups excluding carboxylic acids is 3. The minimum absolute atomic E-state index is 0.0369. The summed E-state index contributed by atoms with van der Waals surface area (Å²) >= 11 is 0. The van der Waals surface area contributed by atoms with Crippen LogP contribution in [0.15, 0.2) is 48.5 Å². The predicted molar refractivity (Wildman–Crippen MR) is 104 cm³/mol. The van der Waals surface area contributed by atoms with Crippen molar-refractivity contribution in [3.8, 4) is 0 Å². The van der Waals surface area contributed by atoms with E-state index in [1.165, 1.54) is 25.1 Å². The highest BCUT2D eigenvalue weighted by Gasteiger charge is 2.20. The van der Waals surface area contributed by atoms with E-state index in [0.717, 1.165) is 17.2 Å². The van der Waals surface area contributed by atoms with Crippen molar-refractivity contribution in [1.82, 2.24) is 10.6 Å². The summed E-state index contributed by atoms with van der Waals surface area (Å²) in [6, 6.07) is 11.6. The van der Waals surface area contributed by atoms with Gasteiger partial charge in [0.05, 0.1) is 4.92 Å². The Hall–Kier alpha value is -3.75. The normalized spacial score (nSPS) is 11.2. The molecular formula is C20H21N3O6. The van der Waals surface area contributed by atoms with Crippen LogP contribution < -0.4 is 10.6 Å².